The van der Waals surface area contributed by atoms with Crippen LogP contribution in [-0.2, 0) is 4.74 Å². The number of unbranched alkanes of at least 4 members (excludes halogenated alkanes) is 1. The number of carbonyl (C=O) groups is 2. The summed E-state index contributed by atoms with van der Waals surface area (Å²) < 4.78 is 5.14. The number of nitrogens with one attached hydrogen (secondary N) is 1. The molecule has 5 heteroatoms. The number of hydrogen-bond acceptors (Lipinski definition) is 3. The summed E-state index contributed by atoms with van der Waals surface area (Å²) in [4.78, 5) is 25.6. The second-order valence-electron chi connectivity index (χ2n) is 5.47. The molecule has 126 valence electrons. The molecule has 0 unspecified atom stereocenters. The van der Waals surface area contributed by atoms with Gasteiger partial charge in [-0.25, -0.2) is 9.59 Å². The number of hydrogen-bond donors (Lipinski definition) is 1. The highest BCUT2D eigenvalue weighted by molar-refractivity contribution is 5.92. The Balaban J connectivity index is 2.60. The van der Waals surface area contributed by atoms with E-state index in [1.807, 2.05) is 20.8 Å². The van der Waals surface area contributed by atoms with Crippen LogP contribution in [0.2, 0.25) is 0 Å². The van der Waals surface area contributed by atoms with Crippen molar-refractivity contribution >= 4 is 17.7 Å². The summed E-state index contributed by atoms with van der Waals surface area (Å²) in [6, 6.07) is 6.51. The quantitative estimate of drug-likeness (QED) is 0.446. The summed E-state index contributed by atoms with van der Waals surface area (Å²) in [5.41, 5.74) is 2.04. The van der Waals surface area contributed by atoms with Gasteiger partial charge in [0.1, 0.15) is 0 Å². The molecule has 1 N–H and O–H groups in total. The number of esters is 1. The number of rotatable bonds is 8. The van der Waals surface area contributed by atoms with Crippen LogP contribution < -0.4 is 5.32 Å². The van der Waals surface area contributed by atoms with Gasteiger partial charge in [0.25, 0.3) is 0 Å². The van der Waals surface area contributed by atoms with Crippen LogP contribution in [0, 0.1) is 0 Å². The van der Waals surface area contributed by atoms with Crippen LogP contribution in [0.3, 0.4) is 0 Å². The van der Waals surface area contributed by atoms with Gasteiger partial charge >= 0.3 is 12.0 Å². The smallest absolute Gasteiger partial charge is 0.338 e. The van der Waals surface area contributed by atoms with Crippen LogP contribution in [0.4, 0.5) is 10.5 Å². The second kappa shape index (κ2) is 9.66. The molecule has 0 spiro atoms. The summed E-state index contributed by atoms with van der Waals surface area (Å²) in [6.07, 6.45) is 1.84. The molecule has 23 heavy (non-hydrogen) atoms. The second-order valence-corrected chi connectivity index (χ2v) is 5.47. The topological polar surface area (TPSA) is 58.6 Å². The monoisotopic (exact) mass is 318 g/mol. The van der Waals surface area contributed by atoms with Gasteiger partial charge < -0.3 is 15.0 Å². The van der Waals surface area contributed by atoms with Gasteiger partial charge in [0.2, 0.25) is 0 Å². The zero-order chi connectivity index (χ0) is 17.2. The van der Waals surface area contributed by atoms with E-state index >= 15 is 0 Å². The predicted molar refractivity (Wildman–Crippen MR) is 92.7 cm³/mol. The van der Waals surface area contributed by atoms with E-state index in [1.54, 1.807) is 29.2 Å². The number of urea groups is 1. The van der Waals surface area contributed by atoms with E-state index in [9.17, 15) is 9.59 Å². The van der Waals surface area contributed by atoms with Crippen molar-refractivity contribution < 1.29 is 14.3 Å². The van der Waals surface area contributed by atoms with E-state index in [0.29, 0.717) is 30.9 Å². The van der Waals surface area contributed by atoms with E-state index in [1.165, 1.54) is 0 Å². The summed E-state index contributed by atoms with van der Waals surface area (Å²) in [5, 5.41) is 2.81. The normalized spacial score (nSPS) is 10.0. The lowest BCUT2D eigenvalue weighted by molar-refractivity contribution is 0.0500. The standard InChI is InChI=1S/C18H26N2O3/c1-5-7-12-23-17(21)15-8-10-16(11-9-15)19-18(22)20(6-2)13-14(3)4/h8-11H,3,5-7,12-13H2,1-2,4H3,(H,19,22). The van der Waals surface area contributed by atoms with Gasteiger partial charge in [0.15, 0.2) is 0 Å². The zero-order valence-corrected chi connectivity index (χ0v) is 14.2. The molecular formula is C18H26N2O3. The van der Waals surface area contributed by atoms with Crippen molar-refractivity contribution in [1.29, 1.82) is 0 Å². The molecule has 0 heterocycles. The van der Waals surface area contributed by atoms with Gasteiger partial charge in [-0.2, -0.15) is 0 Å². The maximum atomic E-state index is 12.2. The Bertz CT molecular complexity index is 538. The third-order valence-corrected chi connectivity index (χ3v) is 3.23. The number of benzene rings is 1. The SMILES string of the molecule is C=C(C)CN(CC)C(=O)Nc1ccc(C(=O)OCCCC)cc1. The Hall–Kier alpha value is -2.30. The average Bonchev–Trinajstić information content (AvgIpc) is 2.53. The minimum Gasteiger partial charge on any atom is -0.462 e. The lowest BCUT2D eigenvalue weighted by atomic mass is 10.2. The number of nitrogens with zero attached hydrogens (tertiary/aromatic N) is 1. The Labute approximate surface area is 138 Å². The van der Waals surface area contributed by atoms with Crippen molar-refractivity contribution in [2.75, 3.05) is 25.0 Å². The summed E-state index contributed by atoms with van der Waals surface area (Å²) in [5.74, 6) is -0.339. The van der Waals surface area contributed by atoms with E-state index in [0.717, 1.165) is 18.4 Å². The first-order valence-electron chi connectivity index (χ1n) is 7.95. The summed E-state index contributed by atoms with van der Waals surface area (Å²) in [6.45, 7) is 11.2. The highest BCUT2D eigenvalue weighted by Gasteiger charge is 2.12. The molecule has 0 bridgehead atoms. The van der Waals surface area contributed by atoms with Crippen molar-refractivity contribution in [3.63, 3.8) is 0 Å². The maximum absolute atomic E-state index is 12.2. The van der Waals surface area contributed by atoms with E-state index in [4.69, 9.17) is 4.74 Å². The first kappa shape index (κ1) is 18.7. The van der Waals surface area contributed by atoms with Gasteiger partial charge in [-0.15, -0.1) is 0 Å². The zero-order valence-electron chi connectivity index (χ0n) is 14.2. The average molecular weight is 318 g/mol. The lowest BCUT2D eigenvalue weighted by Crippen LogP contribution is -2.35. The van der Waals surface area contributed by atoms with Crippen molar-refractivity contribution in [2.24, 2.45) is 0 Å². The molecule has 0 aromatic heterocycles. The lowest BCUT2D eigenvalue weighted by Gasteiger charge is -2.21. The van der Waals surface area contributed by atoms with E-state index in [2.05, 4.69) is 11.9 Å². The molecule has 0 aliphatic carbocycles. The van der Waals surface area contributed by atoms with Crippen LogP contribution in [-0.4, -0.2) is 36.6 Å². The molecule has 0 fully saturated rings. The minimum absolute atomic E-state index is 0.186. The van der Waals surface area contributed by atoms with Gasteiger partial charge in [0, 0.05) is 18.8 Å². The molecule has 0 aliphatic heterocycles. The minimum atomic E-state index is -0.339. The highest BCUT2D eigenvalue weighted by atomic mass is 16.5. The molecule has 1 rings (SSSR count). The van der Waals surface area contributed by atoms with Crippen molar-refractivity contribution in [1.82, 2.24) is 4.90 Å². The molecule has 0 aliphatic rings. The predicted octanol–water partition coefficient (Wildman–Crippen LogP) is 4.07. The number of ether oxygens (including phenoxy) is 1. The van der Waals surface area contributed by atoms with Crippen LogP contribution in [0.25, 0.3) is 0 Å². The van der Waals surface area contributed by atoms with Gasteiger partial charge in [0.05, 0.1) is 12.2 Å². The molecule has 2 amide bonds. The van der Waals surface area contributed by atoms with Gasteiger partial charge in [-0.3, -0.25) is 0 Å². The molecule has 1 aromatic carbocycles. The number of amides is 2. The van der Waals surface area contributed by atoms with Crippen LogP contribution in [0.15, 0.2) is 36.4 Å². The first-order valence-corrected chi connectivity index (χ1v) is 7.95. The Kier molecular flexibility index (Phi) is 7.88. The third-order valence-electron chi connectivity index (χ3n) is 3.23. The van der Waals surface area contributed by atoms with E-state index in [-0.39, 0.29) is 12.0 Å². The fourth-order valence-electron chi connectivity index (χ4n) is 1.94. The first-order chi connectivity index (χ1) is 11.0. The number of likely N-dealkylation sites (N-methyl/N-ethyl adjacent to an activating group) is 1. The number of carbonyl (C=O) groups excluding carboxylic acids is 2. The molecule has 0 radical (unpaired) electrons. The van der Waals surface area contributed by atoms with Gasteiger partial charge in [-0.1, -0.05) is 25.5 Å². The van der Waals surface area contributed by atoms with Crippen LogP contribution >= 0.6 is 0 Å². The molecule has 0 atom stereocenters. The Morgan fingerprint density at radius 2 is 1.87 bits per heavy atom. The maximum Gasteiger partial charge on any atom is 0.338 e. The van der Waals surface area contributed by atoms with Crippen molar-refractivity contribution in [3.05, 3.63) is 42.0 Å². The number of anilines is 1. The van der Waals surface area contributed by atoms with E-state index < -0.39 is 0 Å². The van der Waals surface area contributed by atoms with Gasteiger partial charge in [-0.05, 0) is 44.5 Å². The molecule has 0 saturated carbocycles. The summed E-state index contributed by atoms with van der Waals surface area (Å²) in [7, 11) is 0. The third kappa shape index (κ3) is 6.55. The molecular weight excluding hydrogens is 292 g/mol. The molecule has 0 saturated heterocycles. The molecule has 1 aromatic rings. The highest BCUT2D eigenvalue weighted by Crippen LogP contribution is 2.12. The molecule has 5 nitrogen and oxygen atoms in total. The van der Waals surface area contributed by atoms with Crippen LogP contribution in [0.5, 0.6) is 0 Å². The summed E-state index contributed by atoms with van der Waals surface area (Å²) >= 11 is 0. The largest absolute Gasteiger partial charge is 0.462 e. The fraction of sp³-hybridized carbons (Fsp3) is 0.444. The van der Waals surface area contributed by atoms with Crippen molar-refractivity contribution in [2.45, 2.75) is 33.6 Å². The Morgan fingerprint density at radius 3 is 2.39 bits per heavy atom. The Morgan fingerprint density at radius 1 is 1.22 bits per heavy atom. The van der Waals surface area contributed by atoms with Crippen molar-refractivity contribution in [3.8, 4) is 0 Å². The van der Waals surface area contributed by atoms with Crippen LogP contribution in [0.1, 0.15) is 44.0 Å². The fourth-order valence-corrected chi connectivity index (χ4v) is 1.94.